The molecule has 0 aliphatic carbocycles. The molecule has 1 heterocycles. The normalized spacial score (nSPS) is 22.7. The fraction of sp³-hybridized carbons (Fsp3) is 0.667. The molecule has 3 heteroatoms. The first-order valence-corrected chi connectivity index (χ1v) is 8.17. The maximum Gasteiger partial charge on any atom is 0.0546 e. The minimum absolute atomic E-state index is 0.270. The Bertz CT molecular complexity index is 427. The van der Waals surface area contributed by atoms with Gasteiger partial charge in [0.05, 0.1) is 6.61 Å². The summed E-state index contributed by atoms with van der Waals surface area (Å²) in [7, 11) is 2.23. The molecule has 1 N–H and O–H groups in total. The van der Waals surface area contributed by atoms with Crippen molar-refractivity contribution in [1.29, 1.82) is 0 Å². The van der Waals surface area contributed by atoms with E-state index in [0.29, 0.717) is 0 Å². The summed E-state index contributed by atoms with van der Waals surface area (Å²) in [6.07, 6.45) is 2.45. The lowest BCUT2D eigenvalue weighted by Crippen LogP contribution is -2.48. The predicted molar refractivity (Wildman–Crippen MR) is 88.5 cm³/mol. The third-order valence-corrected chi connectivity index (χ3v) is 4.46. The van der Waals surface area contributed by atoms with Gasteiger partial charge >= 0.3 is 0 Å². The van der Waals surface area contributed by atoms with E-state index in [4.69, 9.17) is 4.74 Å². The Hall–Kier alpha value is -0.900. The van der Waals surface area contributed by atoms with Crippen LogP contribution in [0.3, 0.4) is 0 Å². The van der Waals surface area contributed by atoms with E-state index in [1.54, 1.807) is 0 Å². The molecule has 1 aromatic rings. The summed E-state index contributed by atoms with van der Waals surface area (Å²) in [5.74, 6) is 0. The number of aryl methyl sites for hydroxylation is 1. The van der Waals surface area contributed by atoms with Crippen LogP contribution in [0, 0.1) is 12.3 Å². The van der Waals surface area contributed by atoms with Crippen molar-refractivity contribution in [3.63, 3.8) is 0 Å². The molecule has 0 aromatic heterocycles. The fourth-order valence-electron chi connectivity index (χ4n) is 3.33. The Kier molecular flexibility index (Phi) is 6.22. The Balaban J connectivity index is 1.97. The number of benzene rings is 1. The van der Waals surface area contributed by atoms with Gasteiger partial charge in [0.1, 0.15) is 0 Å². The van der Waals surface area contributed by atoms with Gasteiger partial charge in [0, 0.05) is 31.7 Å². The number of nitrogens with one attached hydrogen (secondary N) is 1. The zero-order valence-electron chi connectivity index (χ0n) is 13.8. The SMILES string of the molecule is CCNCC1(CN(C)Cc2ccccc2C)CCCOC1. The third kappa shape index (κ3) is 4.80. The average molecular weight is 290 g/mol. The smallest absolute Gasteiger partial charge is 0.0546 e. The molecular formula is C18H30N2O. The van der Waals surface area contributed by atoms with Crippen molar-refractivity contribution < 1.29 is 4.74 Å². The summed E-state index contributed by atoms with van der Waals surface area (Å²) in [6, 6.07) is 8.68. The van der Waals surface area contributed by atoms with Gasteiger partial charge in [-0.25, -0.2) is 0 Å². The Labute approximate surface area is 129 Å². The lowest BCUT2D eigenvalue weighted by Gasteiger charge is -2.40. The second-order valence-corrected chi connectivity index (χ2v) is 6.54. The van der Waals surface area contributed by atoms with E-state index in [0.717, 1.165) is 39.4 Å². The van der Waals surface area contributed by atoms with Gasteiger partial charge < -0.3 is 15.0 Å². The zero-order valence-corrected chi connectivity index (χ0v) is 13.8. The van der Waals surface area contributed by atoms with Crippen LogP contribution in [0.4, 0.5) is 0 Å². The summed E-state index contributed by atoms with van der Waals surface area (Å²) < 4.78 is 5.79. The molecule has 1 atom stereocenters. The quantitative estimate of drug-likeness (QED) is 0.836. The number of ether oxygens (including phenoxy) is 1. The fourth-order valence-corrected chi connectivity index (χ4v) is 3.33. The Morgan fingerprint density at radius 2 is 2.14 bits per heavy atom. The monoisotopic (exact) mass is 290 g/mol. The summed E-state index contributed by atoms with van der Waals surface area (Å²) in [4.78, 5) is 2.45. The van der Waals surface area contributed by atoms with E-state index in [2.05, 4.69) is 55.4 Å². The molecule has 21 heavy (non-hydrogen) atoms. The predicted octanol–water partition coefficient (Wildman–Crippen LogP) is 2.83. The molecule has 0 bridgehead atoms. The van der Waals surface area contributed by atoms with Crippen molar-refractivity contribution in [3.05, 3.63) is 35.4 Å². The first kappa shape index (κ1) is 16.5. The molecular weight excluding hydrogens is 260 g/mol. The number of hydrogen-bond acceptors (Lipinski definition) is 3. The third-order valence-electron chi connectivity index (χ3n) is 4.46. The second-order valence-electron chi connectivity index (χ2n) is 6.54. The first-order chi connectivity index (χ1) is 10.2. The van der Waals surface area contributed by atoms with Gasteiger partial charge in [0.2, 0.25) is 0 Å². The van der Waals surface area contributed by atoms with Crippen LogP contribution in [0.5, 0.6) is 0 Å². The highest BCUT2D eigenvalue weighted by atomic mass is 16.5. The summed E-state index contributed by atoms with van der Waals surface area (Å²) in [5.41, 5.74) is 3.08. The van der Waals surface area contributed by atoms with Gasteiger partial charge in [-0.05, 0) is 44.5 Å². The zero-order chi connectivity index (χ0) is 15.1. The number of nitrogens with zero attached hydrogens (tertiary/aromatic N) is 1. The highest BCUT2D eigenvalue weighted by Crippen LogP contribution is 2.29. The topological polar surface area (TPSA) is 24.5 Å². The molecule has 0 spiro atoms. The van der Waals surface area contributed by atoms with Crippen LogP contribution in [-0.4, -0.2) is 44.8 Å². The van der Waals surface area contributed by atoms with Crippen molar-refractivity contribution in [3.8, 4) is 0 Å². The van der Waals surface area contributed by atoms with E-state index in [1.165, 1.54) is 24.0 Å². The van der Waals surface area contributed by atoms with Crippen LogP contribution in [-0.2, 0) is 11.3 Å². The molecule has 0 radical (unpaired) electrons. The minimum atomic E-state index is 0.270. The maximum absolute atomic E-state index is 5.79. The largest absolute Gasteiger partial charge is 0.381 e. The Morgan fingerprint density at radius 1 is 1.33 bits per heavy atom. The molecule has 3 nitrogen and oxygen atoms in total. The number of hydrogen-bond donors (Lipinski definition) is 1. The van der Waals surface area contributed by atoms with Crippen LogP contribution >= 0.6 is 0 Å². The molecule has 0 saturated carbocycles. The lowest BCUT2D eigenvalue weighted by molar-refractivity contribution is -0.0235. The Morgan fingerprint density at radius 3 is 2.81 bits per heavy atom. The van der Waals surface area contributed by atoms with Gasteiger partial charge in [-0.1, -0.05) is 31.2 Å². The summed E-state index contributed by atoms with van der Waals surface area (Å²) in [6.45, 7) is 10.4. The molecule has 1 unspecified atom stereocenters. The van der Waals surface area contributed by atoms with Gasteiger partial charge in [-0.3, -0.25) is 0 Å². The molecule has 1 fully saturated rings. The maximum atomic E-state index is 5.79. The van der Waals surface area contributed by atoms with Crippen LogP contribution < -0.4 is 5.32 Å². The highest BCUT2D eigenvalue weighted by Gasteiger charge is 2.33. The van der Waals surface area contributed by atoms with Gasteiger partial charge in [0.15, 0.2) is 0 Å². The van der Waals surface area contributed by atoms with Crippen molar-refractivity contribution in [2.45, 2.75) is 33.2 Å². The van der Waals surface area contributed by atoms with Crippen LogP contribution in [0.2, 0.25) is 0 Å². The highest BCUT2D eigenvalue weighted by molar-refractivity contribution is 5.25. The van der Waals surface area contributed by atoms with E-state index < -0.39 is 0 Å². The molecule has 0 amide bonds. The van der Waals surface area contributed by atoms with Gasteiger partial charge in [-0.15, -0.1) is 0 Å². The van der Waals surface area contributed by atoms with E-state index in [1.807, 2.05) is 0 Å². The summed E-state index contributed by atoms with van der Waals surface area (Å²) in [5, 5.41) is 3.53. The van der Waals surface area contributed by atoms with E-state index in [-0.39, 0.29) is 5.41 Å². The van der Waals surface area contributed by atoms with Crippen LogP contribution in [0.1, 0.15) is 30.9 Å². The average Bonchev–Trinajstić information content (AvgIpc) is 2.48. The molecule has 118 valence electrons. The number of rotatable bonds is 7. The minimum Gasteiger partial charge on any atom is -0.381 e. The molecule has 1 aliphatic rings. The molecule has 1 aliphatic heterocycles. The molecule has 1 saturated heterocycles. The standard InChI is InChI=1S/C18H30N2O/c1-4-19-13-18(10-7-11-21-15-18)14-20(3)12-17-9-6-5-8-16(17)2/h5-6,8-9,19H,4,7,10-15H2,1-3H3. The van der Waals surface area contributed by atoms with E-state index >= 15 is 0 Å². The van der Waals surface area contributed by atoms with E-state index in [9.17, 15) is 0 Å². The first-order valence-electron chi connectivity index (χ1n) is 8.17. The van der Waals surface area contributed by atoms with Crippen molar-refractivity contribution in [2.24, 2.45) is 5.41 Å². The summed E-state index contributed by atoms with van der Waals surface area (Å²) >= 11 is 0. The van der Waals surface area contributed by atoms with Crippen molar-refractivity contribution in [1.82, 2.24) is 10.2 Å². The van der Waals surface area contributed by atoms with Gasteiger partial charge in [0.25, 0.3) is 0 Å². The van der Waals surface area contributed by atoms with Gasteiger partial charge in [-0.2, -0.15) is 0 Å². The lowest BCUT2D eigenvalue weighted by atomic mass is 9.81. The second kappa shape index (κ2) is 7.92. The molecule has 2 rings (SSSR count). The molecule has 1 aromatic carbocycles. The van der Waals surface area contributed by atoms with Crippen molar-refractivity contribution in [2.75, 3.05) is 39.9 Å². The van der Waals surface area contributed by atoms with Crippen LogP contribution in [0.15, 0.2) is 24.3 Å². The van der Waals surface area contributed by atoms with Crippen molar-refractivity contribution >= 4 is 0 Å². The van der Waals surface area contributed by atoms with Crippen LogP contribution in [0.25, 0.3) is 0 Å².